The first-order valence-electron chi connectivity index (χ1n) is 9.65. The summed E-state index contributed by atoms with van der Waals surface area (Å²) >= 11 is 0. The van der Waals surface area contributed by atoms with Crippen molar-refractivity contribution in [1.29, 1.82) is 0 Å². The highest BCUT2D eigenvalue weighted by atomic mass is 19.4. The number of aromatic amines is 1. The number of hydrogen-bond donors (Lipinski definition) is 3. The Morgan fingerprint density at radius 3 is 2.66 bits per heavy atom. The lowest BCUT2D eigenvalue weighted by atomic mass is 10.1. The number of H-pyrrole nitrogens is 1. The minimum Gasteiger partial charge on any atom is -0.484 e. The zero-order chi connectivity index (χ0) is 22.9. The van der Waals surface area contributed by atoms with Crippen LogP contribution in [0.25, 0.3) is 27.7 Å². The van der Waals surface area contributed by atoms with Gasteiger partial charge in [-0.15, -0.1) is 0 Å². The summed E-state index contributed by atoms with van der Waals surface area (Å²) in [5, 5.41) is 17.2. The minimum atomic E-state index is -4.39. The number of rotatable bonds is 6. The molecule has 3 N–H and O–H groups in total. The fourth-order valence-electron chi connectivity index (χ4n) is 3.11. The highest BCUT2D eigenvalue weighted by molar-refractivity contribution is 6.04. The van der Waals surface area contributed by atoms with Crippen molar-refractivity contribution in [3.05, 3.63) is 61.1 Å². The van der Waals surface area contributed by atoms with E-state index in [1.807, 2.05) is 18.2 Å². The first-order chi connectivity index (χ1) is 15.2. The van der Waals surface area contributed by atoms with E-state index in [0.29, 0.717) is 11.4 Å². The molecule has 2 aromatic heterocycles. The van der Waals surface area contributed by atoms with Crippen molar-refractivity contribution in [2.75, 3.05) is 11.9 Å². The van der Waals surface area contributed by atoms with E-state index in [2.05, 4.69) is 15.4 Å². The molecular weight excluding hydrogens is 425 g/mol. The average Bonchev–Trinajstić information content (AvgIpc) is 3.39. The van der Waals surface area contributed by atoms with Gasteiger partial charge in [-0.1, -0.05) is 6.07 Å². The summed E-state index contributed by atoms with van der Waals surface area (Å²) < 4.78 is 43.1. The van der Waals surface area contributed by atoms with Crippen molar-refractivity contribution < 1.29 is 27.8 Å². The first kappa shape index (κ1) is 21.4. The molecule has 0 aliphatic rings. The number of nitrogens with one attached hydrogen (secondary N) is 2. The minimum absolute atomic E-state index is 0.114. The number of aliphatic hydroxyl groups excluding tert-OH is 1. The molecule has 4 rings (SSSR count). The van der Waals surface area contributed by atoms with Gasteiger partial charge in [0.1, 0.15) is 11.9 Å². The van der Waals surface area contributed by atoms with Crippen molar-refractivity contribution in [2.45, 2.75) is 19.2 Å². The quantitative estimate of drug-likeness (QED) is 0.414. The summed E-state index contributed by atoms with van der Waals surface area (Å²) in [5.41, 5.74) is 3.67. The molecule has 2 heterocycles. The van der Waals surface area contributed by atoms with E-state index >= 15 is 0 Å². The van der Waals surface area contributed by atoms with Crippen LogP contribution >= 0.6 is 0 Å². The molecule has 0 spiro atoms. The van der Waals surface area contributed by atoms with Gasteiger partial charge in [0.25, 0.3) is 5.91 Å². The molecule has 0 aliphatic carbocycles. The third-order valence-electron chi connectivity index (χ3n) is 4.74. The highest BCUT2D eigenvalue weighted by Gasteiger charge is 2.28. The molecule has 10 heteroatoms. The molecule has 4 aromatic rings. The van der Waals surface area contributed by atoms with Crippen LogP contribution in [0, 0.1) is 0 Å². The Balaban J connectivity index is 1.55. The van der Waals surface area contributed by atoms with Gasteiger partial charge in [0.05, 0.1) is 17.6 Å². The van der Waals surface area contributed by atoms with E-state index in [1.54, 1.807) is 35.4 Å². The molecule has 0 radical (unpaired) electrons. The van der Waals surface area contributed by atoms with Gasteiger partial charge in [0.2, 0.25) is 0 Å². The van der Waals surface area contributed by atoms with Crippen LogP contribution in [0.5, 0.6) is 5.75 Å². The van der Waals surface area contributed by atoms with Crippen molar-refractivity contribution in [3.63, 3.8) is 0 Å². The lowest BCUT2D eigenvalue weighted by Gasteiger charge is -2.09. The van der Waals surface area contributed by atoms with Gasteiger partial charge in [-0.25, -0.2) is 4.68 Å². The lowest BCUT2D eigenvalue weighted by Crippen LogP contribution is -2.24. The Labute approximate surface area is 180 Å². The Kier molecular flexibility index (Phi) is 5.62. The average molecular weight is 444 g/mol. The molecule has 166 valence electrons. The summed E-state index contributed by atoms with van der Waals surface area (Å²) in [4.78, 5) is 14.9. The number of ether oxygens (including phenoxy) is 1. The van der Waals surface area contributed by atoms with Crippen LogP contribution in [0.15, 0.2) is 61.1 Å². The molecule has 0 bridgehead atoms. The number of aliphatic hydroxyl groups is 1. The maximum atomic E-state index is 12.3. The van der Waals surface area contributed by atoms with Crippen molar-refractivity contribution in [3.8, 4) is 22.6 Å². The van der Waals surface area contributed by atoms with E-state index < -0.39 is 24.8 Å². The number of carbonyl (C=O) groups excluding carboxylic acids is 1. The van der Waals surface area contributed by atoms with E-state index in [9.17, 15) is 23.1 Å². The highest BCUT2D eigenvalue weighted by Crippen LogP contribution is 2.29. The van der Waals surface area contributed by atoms with Gasteiger partial charge in [0, 0.05) is 28.9 Å². The molecule has 1 unspecified atom stereocenters. The second-order valence-corrected chi connectivity index (χ2v) is 7.20. The molecule has 7 nitrogen and oxygen atoms in total. The molecule has 0 saturated heterocycles. The van der Waals surface area contributed by atoms with E-state index in [-0.39, 0.29) is 5.75 Å². The number of carbonyl (C=O) groups is 1. The molecular formula is C22H19F3N4O3. The van der Waals surface area contributed by atoms with Crippen LogP contribution in [0.1, 0.15) is 6.92 Å². The van der Waals surface area contributed by atoms with Gasteiger partial charge in [-0.05, 0) is 48.9 Å². The second-order valence-electron chi connectivity index (χ2n) is 7.20. The van der Waals surface area contributed by atoms with Crippen LogP contribution in [0.4, 0.5) is 18.9 Å². The van der Waals surface area contributed by atoms with Gasteiger partial charge in [0.15, 0.2) is 6.61 Å². The van der Waals surface area contributed by atoms with Crippen LogP contribution in [0.2, 0.25) is 0 Å². The normalized spacial score (nSPS) is 12.7. The summed E-state index contributed by atoms with van der Waals surface area (Å²) in [6, 6.07) is 11.8. The van der Waals surface area contributed by atoms with Gasteiger partial charge in [-0.2, -0.15) is 18.3 Å². The molecule has 0 aliphatic heterocycles. The molecule has 0 fully saturated rings. The Morgan fingerprint density at radius 1 is 1.22 bits per heavy atom. The van der Waals surface area contributed by atoms with Crippen LogP contribution in [-0.4, -0.2) is 44.7 Å². The van der Waals surface area contributed by atoms with Crippen LogP contribution in [-0.2, 0) is 4.79 Å². The fourth-order valence-corrected chi connectivity index (χ4v) is 3.11. The van der Waals surface area contributed by atoms with Gasteiger partial charge in [-0.3, -0.25) is 4.79 Å². The smallest absolute Gasteiger partial charge is 0.422 e. The largest absolute Gasteiger partial charge is 0.484 e. The maximum Gasteiger partial charge on any atom is 0.422 e. The Hall–Kier alpha value is -3.79. The number of hydrogen-bond acceptors (Lipinski definition) is 4. The van der Waals surface area contributed by atoms with Gasteiger partial charge >= 0.3 is 6.18 Å². The number of anilines is 1. The van der Waals surface area contributed by atoms with E-state index in [4.69, 9.17) is 4.74 Å². The third-order valence-corrected chi connectivity index (χ3v) is 4.74. The second kappa shape index (κ2) is 8.39. The zero-order valence-corrected chi connectivity index (χ0v) is 16.8. The van der Waals surface area contributed by atoms with Crippen LogP contribution in [0.3, 0.4) is 0 Å². The monoisotopic (exact) mass is 444 g/mol. The SMILES string of the molecule is CC(O)C(=O)Nc1c[nH]c2ccc(-c3cnn(-c4ccc(OCC(F)(F)F)cc4)c3)cc12. The summed E-state index contributed by atoms with van der Waals surface area (Å²) in [6.45, 7) is 0.0402. The number of alkyl halides is 3. The third kappa shape index (κ3) is 4.75. The van der Waals surface area contributed by atoms with E-state index in [1.165, 1.54) is 19.1 Å². The molecule has 0 saturated carbocycles. The zero-order valence-electron chi connectivity index (χ0n) is 16.8. The van der Waals surface area contributed by atoms with Crippen LogP contribution < -0.4 is 10.1 Å². The standard InChI is InChI=1S/C22H19F3N4O3/c1-13(30)21(31)28-20-10-26-19-7-2-14(8-18(19)20)15-9-27-29(11-15)16-3-5-17(6-4-16)32-12-22(23,24)25/h2-11,13,26,30H,12H2,1H3,(H,28,31). The number of halogens is 3. The molecule has 32 heavy (non-hydrogen) atoms. The Bertz CT molecular complexity index is 1240. The maximum absolute atomic E-state index is 12.3. The predicted octanol–water partition coefficient (Wildman–Crippen LogP) is 4.28. The lowest BCUT2D eigenvalue weighted by molar-refractivity contribution is -0.153. The van der Waals surface area contributed by atoms with Crippen molar-refractivity contribution >= 4 is 22.5 Å². The fraction of sp³-hybridized carbons (Fsp3) is 0.182. The Morgan fingerprint density at radius 2 is 1.97 bits per heavy atom. The summed E-state index contributed by atoms with van der Waals surface area (Å²) in [7, 11) is 0. The van der Waals surface area contributed by atoms with Crippen molar-refractivity contribution in [2.24, 2.45) is 0 Å². The van der Waals surface area contributed by atoms with Crippen molar-refractivity contribution in [1.82, 2.24) is 14.8 Å². The predicted molar refractivity (Wildman–Crippen MR) is 113 cm³/mol. The number of benzene rings is 2. The number of nitrogens with zero attached hydrogens (tertiary/aromatic N) is 2. The summed E-state index contributed by atoms with van der Waals surface area (Å²) in [6.07, 6.45) is -0.425. The van der Waals surface area contributed by atoms with Gasteiger partial charge < -0.3 is 20.1 Å². The summed E-state index contributed by atoms with van der Waals surface area (Å²) in [5.74, 6) is -0.394. The topological polar surface area (TPSA) is 92.2 Å². The molecule has 2 aromatic carbocycles. The first-order valence-corrected chi connectivity index (χ1v) is 9.65. The number of aromatic nitrogens is 3. The molecule has 1 atom stereocenters. The van der Waals surface area contributed by atoms with E-state index in [0.717, 1.165) is 22.0 Å². The number of amides is 1. The molecule has 1 amide bonds. The number of fused-ring (bicyclic) bond motifs is 1.